The summed E-state index contributed by atoms with van der Waals surface area (Å²) in [6.45, 7) is 2.97. The Morgan fingerprint density at radius 2 is 1.95 bits per heavy atom. The fraction of sp³-hybridized carbons (Fsp3) is 0.588. The Morgan fingerprint density at radius 1 is 1.29 bits per heavy atom. The summed E-state index contributed by atoms with van der Waals surface area (Å²) in [6, 6.07) is 8.59. The van der Waals surface area contributed by atoms with Gasteiger partial charge in [0, 0.05) is 23.5 Å². The molecule has 0 aliphatic heterocycles. The van der Waals surface area contributed by atoms with Crippen molar-refractivity contribution in [2.45, 2.75) is 56.0 Å². The molecule has 1 aliphatic carbocycles. The third-order valence-electron chi connectivity index (χ3n) is 4.24. The highest BCUT2D eigenvalue weighted by Gasteiger charge is 2.28. The number of nitrogens with two attached hydrogens (primary N) is 1. The third-order valence-corrected chi connectivity index (χ3v) is 5.04. The minimum Gasteiger partial charge on any atom is -0.336 e. The molecule has 0 radical (unpaired) electrons. The van der Waals surface area contributed by atoms with E-state index in [4.69, 9.17) is 5.73 Å². The molecule has 0 unspecified atom stereocenters. The molecule has 0 bridgehead atoms. The number of thioether (sulfide) groups is 1. The average Bonchev–Trinajstić information content (AvgIpc) is 2.53. The second-order valence-electron chi connectivity index (χ2n) is 5.77. The van der Waals surface area contributed by atoms with E-state index < -0.39 is 0 Å². The summed E-state index contributed by atoms with van der Waals surface area (Å²) in [5, 5.41) is 0. The number of carbonyl (C=O) groups excluding carboxylic acids is 1. The minimum atomic E-state index is 0.183. The quantitative estimate of drug-likeness (QED) is 0.847. The largest absolute Gasteiger partial charge is 0.336 e. The fourth-order valence-corrected chi connectivity index (χ4v) is 3.67. The van der Waals surface area contributed by atoms with Gasteiger partial charge in [0.2, 0.25) is 0 Å². The minimum absolute atomic E-state index is 0.183. The lowest BCUT2D eigenvalue weighted by atomic mass is 9.90. The van der Waals surface area contributed by atoms with Crippen LogP contribution in [0.3, 0.4) is 0 Å². The molecule has 1 aromatic rings. The molecule has 1 aliphatic rings. The molecule has 4 heteroatoms. The van der Waals surface area contributed by atoms with E-state index in [2.05, 4.69) is 11.8 Å². The second-order valence-corrected chi connectivity index (χ2v) is 6.62. The monoisotopic (exact) mass is 306 g/mol. The van der Waals surface area contributed by atoms with Gasteiger partial charge in [0.05, 0.1) is 5.56 Å². The summed E-state index contributed by atoms with van der Waals surface area (Å²) in [4.78, 5) is 16.1. The second kappa shape index (κ2) is 7.85. The molecule has 1 fully saturated rings. The highest BCUT2D eigenvalue weighted by atomic mass is 32.2. The SMILES string of the molecule is CCCN(C(=O)c1ccccc1SC)C1CCC(N)CC1. The maximum atomic E-state index is 13.0. The summed E-state index contributed by atoms with van der Waals surface area (Å²) in [5.74, 6) is 0.183. The predicted molar refractivity (Wildman–Crippen MR) is 89.8 cm³/mol. The van der Waals surface area contributed by atoms with Gasteiger partial charge in [0.1, 0.15) is 0 Å². The molecule has 2 N–H and O–H groups in total. The third kappa shape index (κ3) is 4.01. The van der Waals surface area contributed by atoms with Gasteiger partial charge < -0.3 is 10.6 Å². The first-order valence-corrected chi connectivity index (χ1v) is 9.09. The molecule has 21 heavy (non-hydrogen) atoms. The smallest absolute Gasteiger partial charge is 0.255 e. The molecule has 1 aromatic carbocycles. The Bertz CT molecular complexity index is 470. The number of benzene rings is 1. The number of hydrogen-bond donors (Lipinski definition) is 1. The maximum Gasteiger partial charge on any atom is 0.255 e. The number of amides is 1. The lowest BCUT2D eigenvalue weighted by molar-refractivity contribution is 0.0623. The Kier molecular flexibility index (Phi) is 6.12. The van der Waals surface area contributed by atoms with Crippen LogP contribution in [0.2, 0.25) is 0 Å². The molecule has 0 heterocycles. The van der Waals surface area contributed by atoms with Crippen molar-refractivity contribution < 1.29 is 4.79 Å². The average molecular weight is 306 g/mol. The zero-order valence-corrected chi connectivity index (χ0v) is 13.9. The molecule has 0 saturated heterocycles. The summed E-state index contributed by atoms with van der Waals surface area (Å²) < 4.78 is 0. The molecule has 3 nitrogen and oxygen atoms in total. The highest BCUT2D eigenvalue weighted by Crippen LogP contribution is 2.27. The van der Waals surface area contributed by atoms with Gasteiger partial charge in [-0.25, -0.2) is 0 Å². The lowest BCUT2D eigenvalue weighted by Crippen LogP contribution is -2.44. The Hall–Kier alpha value is -1.00. The van der Waals surface area contributed by atoms with Crippen LogP contribution in [0.4, 0.5) is 0 Å². The van der Waals surface area contributed by atoms with Crippen LogP contribution in [0.25, 0.3) is 0 Å². The van der Waals surface area contributed by atoms with Crippen LogP contribution in [0, 0.1) is 0 Å². The number of carbonyl (C=O) groups is 1. The normalized spacial score (nSPS) is 22.0. The zero-order chi connectivity index (χ0) is 15.2. The predicted octanol–water partition coefficient (Wildman–Crippen LogP) is 3.53. The van der Waals surface area contributed by atoms with Gasteiger partial charge in [-0.05, 0) is 50.5 Å². The number of nitrogens with zero attached hydrogens (tertiary/aromatic N) is 1. The van der Waals surface area contributed by atoms with Crippen LogP contribution < -0.4 is 5.73 Å². The van der Waals surface area contributed by atoms with Crippen LogP contribution in [0.5, 0.6) is 0 Å². The van der Waals surface area contributed by atoms with Gasteiger partial charge in [0.25, 0.3) is 5.91 Å². The van der Waals surface area contributed by atoms with Crippen molar-refractivity contribution in [1.82, 2.24) is 4.90 Å². The van der Waals surface area contributed by atoms with Gasteiger partial charge in [-0.1, -0.05) is 19.1 Å². The molecule has 0 atom stereocenters. The van der Waals surface area contributed by atoms with Crippen molar-refractivity contribution in [3.05, 3.63) is 29.8 Å². The summed E-state index contributed by atoms with van der Waals surface area (Å²) in [7, 11) is 0. The van der Waals surface area contributed by atoms with E-state index in [1.54, 1.807) is 11.8 Å². The van der Waals surface area contributed by atoms with Gasteiger partial charge in [0.15, 0.2) is 0 Å². The molecule has 1 saturated carbocycles. The van der Waals surface area contributed by atoms with Crippen LogP contribution >= 0.6 is 11.8 Å². The van der Waals surface area contributed by atoms with Crippen LogP contribution in [0.15, 0.2) is 29.2 Å². The van der Waals surface area contributed by atoms with Crippen LogP contribution in [0.1, 0.15) is 49.4 Å². The summed E-state index contributed by atoms with van der Waals surface area (Å²) in [6.07, 6.45) is 7.15. The van der Waals surface area contributed by atoms with E-state index in [0.717, 1.165) is 49.1 Å². The standard InChI is InChI=1S/C17H26N2OS/c1-3-12-19(14-10-8-13(18)9-11-14)17(20)15-6-4-5-7-16(15)21-2/h4-7,13-14H,3,8-12,18H2,1-2H3. The fourth-order valence-electron chi connectivity index (χ4n) is 3.08. The van der Waals surface area contributed by atoms with Gasteiger partial charge in [-0.3, -0.25) is 4.79 Å². The summed E-state index contributed by atoms with van der Waals surface area (Å²) >= 11 is 1.64. The first-order chi connectivity index (χ1) is 10.2. The lowest BCUT2D eigenvalue weighted by Gasteiger charge is -2.36. The van der Waals surface area contributed by atoms with Crippen molar-refractivity contribution in [2.75, 3.05) is 12.8 Å². The van der Waals surface area contributed by atoms with Crippen molar-refractivity contribution in [3.63, 3.8) is 0 Å². The molecule has 1 amide bonds. The van der Waals surface area contributed by atoms with E-state index in [1.165, 1.54) is 0 Å². The Labute approximate surface area is 132 Å². The van der Waals surface area contributed by atoms with Gasteiger partial charge in [-0.15, -0.1) is 11.8 Å². The molecular formula is C17H26N2OS. The van der Waals surface area contributed by atoms with E-state index in [9.17, 15) is 4.79 Å². The number of rotatable bonds is 5. The zero-order valence-electron chi connectivity index (χ0n) is 13.0. The van der Waals surface area contributed by atoms with Crippen molar-refractivity contribution in [1.29, 1.82) is 0 Å². The van der Waals surface area contributed by atoms with Crippen LogP contribution in [-0.4, -0.2) is 35.7 Å². The molecule has 116 valence electrons. The van der Waals surface area contributed by atoms with E-state index in [-0.39, 0.29) is 5.91 Å². The Morgan fingerprint density at radius 3 is 2.57 bits per heavy atom. The maximum absolute atomic E-state index is 13.0. The van der Waals surface area contributed by atoms with Crippen molar-refractivity contribution in [3.8, 4) is 0 Å². The van der Waals surface area contributed by atoms with Gasteiger partial charge in [-0.2, -0.15) is 0 Å². The van der Waals surface area contributed by atoms with E-state index in [0.29, 0.717) is 12.1 Å². The molecule has 0 spiro atoms. The van der Waals surface area contributed by atoms with Crippen LogP contribution in [-0.2, 0) is 0 Å². The topological polar surface area (TPSA) is 46.3 Å². The molecular weight excluding hydrogens is 280 g/mol. The van der Waals surface area contributed by atoms with E-state index in [1.807, 2.05) is 30.5 Å². The van der Waals surface area contributed by atoms with Gasteiger partial charge >= 0.3 is 0 Å². The number of hydrogen-bond acceptors (Lipinski definition) is 3. The van der Waals surface area contributed by atoms with E-state index >= 15 is 0 Å². The molecule has 0 aromatic heterocycles. The van der Waals surface area contributed by atoms with Crippen molar-refractivity contribution in [2.24, 2.45) is 5.73 Å². The van der Waals surface area contributed by atoms with Crippen molar-refractivity contribution >= 4 is 17.7 Å². The molecule has 2 rings (SSSR count). The Balaban J connectivity index is 2.19. The first kappa shape index (κ1) is 16.4. The summed E-state index contributed by atoms with van der Waals surface area (Å²) in [5.41, 5.74) is 6.84. The highest BCUT2D eigenvalue weighted by molar-refractivity contribution is 7.98. The first-order valence-electron chi connectivity index (χ1n) is 7.87.